The Bertz CT molecular complexity index is 222. The van der Waals surface area contributed by atoms with Crippen molar-refractivity contribution in [3.05, 3.63) is 10.4 Å². The van der Waals surface area contributed by atoms with E-state index >= 15 is 0 Å². The molecule has 2 N–H and O–H groups in total. The van der Waals surface area contributed by atoms with Crippen molar-refractivity contribution in [3.63, 3.8) is 0 Å². The molecule has 0 unspecified atom stereocenters. The fourth-order valence-electron chi connectivity index (χ4n) is 0.723. The SMILES string of the molecule is COC(=O)[C@@H](N)C[C@H](F)CN=[N+]=[N-].Cl. The van der Waals surface area contributed by atoms with Gasteiger partial charge in [0.05, 0.1) is 13.7 Å². The Balaban J connectivity index is 0. The van der Waals surface area contributed by atoms with Crippen molar-refractivity contribution >= 4 is 18.4 Å². The van der Waals surface area contributed by atoms with Gasteiger partial charge in [0.1, 0.15) is 12.2 Å². The monoisotopic (exact) mass is 226 g/mol. The van der Waals surface area contributed by atoms with Gasteiger partial charge in [0.2, 0.25) is 0 Å². The van der Waals surface area contributed by atoms with Crippen LogP contribution in [0.2, 0.25) is 0 Å². The highest BCUT2D eigenvalue weighted by Gasteiger charge is 2.18. The summed E-state index contributed by atoms with van der Waals surface area (Å²) in [6, 6.07) is -1.01. The number of ether oxygens (including phenoxy) is 1. The fourth-order valence-corrected chi connectivity index (χ4v) is 0.723. The van der Waals surface area contributed by atoms with Crippen LogP contribution in [0.1, 0.15) is 6.42 Å². The number of nitrogens with two attached hydrogens (primary N) is 1. The summed E-state index contributed by atoms with van der Waals surface area (Å²) in [6.07, 6.45) is -1.61. The maximum Gasteiger partial charge on any atom is 0.322 e. The number of halogens is 2. The van der Waals surface area contributed by atoms with Crippen LogP contribution in [-0.2, 0) is 9.53 Å². The van der Waals surface area contributed by atoms with E-state index in [9.17, 15) is 9.18 Å². The summed E-state index contributed by atoms with van der Waals surface area (Å²) in [4.78, 5) is 13.1. The second-order valence-electron chi connectivity index (χ2n) is 2.38. The second-order valence-corrected chi connectivity index (χ2v) is 2.38. The largest absolute Gasteiger partial charge is 0.468 e. The molecule has 0 spiro atoms. The highest BCUT2D eigenvalue weighted by molar-refractivity contribution is 5.85. The minimum absolute atomic E-state index is 0. The Morgan fingerprint density at radius 1 is 1.79 bits per heavy atom. The molecule has 0 aliphatic rings. The molecule has 0 amide bonds. The molecule has 2 atom stereocenters. The summed E-state index contributed by atoms with van der Waals surface area (Å²) < 4.78 is 17.1. The number of carbonyl (C=O) groups excluding carboxylic acids is 1. The van der Waals surface area contributed by atoms with Crippen molar-refractivity contribution in [2.24, 2.45) is 10.8 Å². The summed E-state index contributed by atoms with van der Waals surface area (Å²) in [6.45, 7) is -0.318. The van der Waals surface area contributed by atoms with E-state index in [1.807, 2.05) is 0 Å². The lowest BCUT2D eigenvalue weighted by atomic mass is 10.1. The Labute approximate surface area is 86.6 Å². The van der Waals surface area contributed by atoms with Crippen molar-refractivity contribution in [1.29, 1.82) is 0 Å². The van der Waals surface area contributed by atoms with Crippen LogP contribution in [0.25, 0.3) is 10.4 Å². The third kappa shape index (κ3) is 6.47. The zero-order valence-electron chi connectivity index (χ0n) is 7.59. The molecule has 14 heavy (non-hydrogen) atoms. The van der Waals surface area contributed by atoms with Gasteiger partial charge in [0, 0.05) is 11.3 Å². The lowest BCUT2D eigenvalue weighted by molar-refractivity contribution is -0.142. The summed E-state index contributed by atoms with van der Waals surface area (Å²) in [5.74, 6) is -0.677. The topological polar surface area (TPSA) is 101 Å². The van der Waals surface area contributed by atoms with Crippen LogP contribution in [0.15, 0.2) is 5.11 Å². The van der Waals surface area contributed by atoms with E-state index in [4.69, 9.17) is 11.3 Å². The highest BCUT2D eigenvalue weighted by atomic mass is 35.5. The summed E-state index contributed by atoms with van der Waals surface area (Å²) in [7, 11) is 1.17. The summed E-state index contributed by atoms with van der Waals surface area (Å²) in [5, 5.41) is 3.01. The molecule has 6 nitrogen and oxygen atoms in total. The molecule has 0 heterocycles. The molecule has 0 fully saturated rings. The number of alkyl halides is 1. The van der Waals surface area contributed by atoms with E-state index in [0.717, 1.165) is 0 Å². The third-order valence-electron chi connectivity index (χ3n) is 1.36. The van der Waals surface area contributed by atoms with Crippen LogP contribution in [0, 0.1) is 0 Å². The quantitative estimate of drug-likeness (QED) is 0.327. The van der Waals surface area contributed by atoms with E-state index in [1.165, 1.54) is 7.11 Å². The average molecular weight is 227 g/mol. The van der Waals surface area contributed by atoms with Crippen molar-refractivity contribution in [2.75, 3.05) is 13.7 Å². The number of hydrogen-bond donors (Lipinski definition) is 1. The van der Waals surface area contributed by atoms with Gasteiger partial charge in [0.15, 0.2) is 0 Å². The van der Waals surface area contributed by atoms with Gasteiger partial charge >= 0.3 is 5.97 Å². The molecular formula is C6H12ClFN4O2. The van der Waals surface area contributed by atoms with Gasteiger partial charge in [-0.15, -0.1) is 12.4 Å². The van der Waals surface area contributed by atoms with E-state index < -0.39 is 18.2 Å². The van der Waals surface area contributed by atoms with Crippen molar-refractivity contribution < 1.29 is 13.9 Å². The minimum Gasteiger partial charge on any atom is -0.468 e. The molecule has 0 aliphatic carbocycles. The molecule has 0 rings (SSSR count). The standard InChI is InChI=1S/C6H11FN4O2.ClH/c1-13-6(12)5(8)2-4(7)3-10-11-9;/h4-5H,2-3,8H2,1H3;1H/t4-,5-;/m0./s1. The zero-order chi connectivity index (χ0) is 10.3. The van der Waals surface area contributed by atoms with Crippen molar-refractivity contribution in [3.8, 4) is 0 Å². The predicted octanol–water partition coefficient (Wildman–Crippen LogP) is 0.947. The van der Waals surface area contributed by atoms with Gasteiger partial charge in [-0.3, -0.25) is 4.79 Å². The smallest absolute Gasteiger partial charge is 0.322 e. The predicted molar refractivity (Wildman–Crippen MR) is 50.8 cm³/mol. The van der Waals surface area contributed by atoms with Gasteiger partial charge in [0.25, 0.3) is 0 Å². The first-order chi connectivity index (χ1) is 6.11. The minimum atomic E-state index is -1.41. The van der Waals surface area contributed by atoms with Gasteiger partial charge in [-0.1, -0.05) is 5.11 Å². The molecule has 0 saturated carbocycles. The number of carbonyl (C=O) groups is 1. The molecule has 0 radical (unpaired) electrons. The van der Waals surface area contributed by atoms with Gasteiger partial charge < -0.3 is 10.5 Å². The molecule has 0 aromatic carbocycles. The van der Waals surface area contributed by atoms with E-state index in [0.29, 0.717) is 0 Å². The van der Waals surface area contributed by atoms with Gasteiger partial charge in [-0.05, 0) is 5.53 Å². The molecule has 0 saturated heterocycles. The van der Waals surface area contributed by atoms with Crippen LogP contribution in [0.5, 0.6) is 0 Å². The lowest BCUT2D eigenvalue weighted by Crippen LogP contribution is -2.34. The molecule has 82 valence electrons. The second kappa shape index (κ2) is 8.55. The van der Waals surface area contributed by atoms with Crippen molar-refractivity contribution in [2.45, 2.75) is 18.6 Å². The van der Waals surface area contributed by atoms with Crippen molar-refractivity contribution in [1.82, 2.24) is 0 Å². The van der Waals surface area contributed by atoms with Gasteiger partial charge in [-0.25, -0.2) is 4.39 Å². The normalized spacial score (nSPS) is 13.1. The maximum atomic E-state index is 12.8. The van der Waals surface area contributed by atoms with Crippen LogP contribution in [-0.4, -0.2) is 31.8 Å². The first-order valence-corrected chi connectivity index (χ1v) is 3.60. The molecular weight excluding hydrogens is 215 g/mol. The number of rotatable bonds is 5. The summed E-state index contributed by atoms with van der Waals surface area (Å²) >= 11 is 0. The first-order valence-electron chi connectivity index (χ1n) is 3.60. The Hall–Kier alpha value is -1.04. The van der Waals surface area contributed by atoms with E-state index in [2.05, 4.69) is 14.8 Å². The molecule has 0 aromatic rings. The first kappa shape index (κ1) is 15.4. The number of nitrogens with zero attached hydrogens (tertiary/aromatic N) is 3. The summed E-state index contributed by atoms with van der Waals surface area (Å²) in [5.41, 5.74) is 13.1. The fraction of sp³-hybridized carbons (Fsp3) is 0.833. The highest BCUT2D eigenvalue weighted by Crippen LogP contribution is 2.03. The van der Waals surface area contributed by atoms with Crippen LogP contribution in [0.3, 0.4) is 0 Å². The average Bonchev–Trinajstić information content (AvgIpc) is 2.13. The third-order valence-corrected chi connectivity index (χ3v) is 1.36. The number of hydrogen-bond acceptors (Lipinski definition) is 4. The van der Waals surface area contributed by atoms with Crippen LogP contribution in [0.4, 0.5) is 4.39 Å². The van der Waals surface area contributed by atoms with Crippen LogP contribution >= 0.6 is 12.4 Å². The molecule has 0 bridgehead atoms. The number of esters is 1. The Morgan fingerprint density at radius 3 is 2.79 bits per heavy atom. The Morgan fingerprint density at radius 2 is 2.36 bits per heavy atom. The van der Waals surface area contributed by atoms with E-state index in [1.54, 1.807) is 0 Å². The molecule has 8 heteroatoms. The Kier molecular flexibility index (Phi) is 9.43. The zero-order valence-corrected chi connectivity index (χ0v) is 8.41. The lowest BCUT2D eigenvalue weighted by Gasteiger charge is -2.10. The van der Waals surface area contributed by atoms with Crippen LogP contribution < -0.4 is 5.73 Å². The molecule has 0 aromatic heterocycles. The maximum absolute atomic E-state index is 12.8. The van der Waals surface area contributed by atoms with E-state index in [-0.39, 0.29) is 25.4 Å². The molecule has 0 aliphatic heterocycles. The van der Waals surface area contributed by atoms with Gasteiger partial charge in [-0.2, -0.15) is 0 Å². The number of methoxy groups -OCH3 is 1. The number of azide groups is 1.